The molecule has 0 saturated carbocycles. The fourth-order valence-corrected chi connectivity index (χ4v) is 4.94. The van der Waals surface area contributed by atoms with Crippen molar-refractivity contribution in [2.75, 3.05) is 13.1 Å². The predicted molar refractivity (Wildman–Crippen MR) is 131 cm³/mol. The molecule has 0 bridgehead atoms. The van der Waals surface area contributed by atoms with E-state index in [1.807, 2.05) is 5.32 Å². The zero-order valence-corrected chi connectivity index (χ0v) is 20.4. The van der Waals surface area contributed by atoms with Crippen molar-refractivity contribution in [1.29, 1.82) is 0 Å². The summed E-state index contributed by atoms with van der Waals surface area (Å²) in [5.74, 6) is -2.08. The highest BCUT2D eigenvalue weighted by molar-refractivity contribution is 5.95. The second kappa shape index (κ2) is 11.9. The molecule has 0 aliphatic carbocycles. The van der Waals surface area contributed by atoms with E-state index in [1.54, 1.807) is 17.0 Å². The second-order valence-electron chi connectivity index (χ2n) is 9.55. The number of aromatic nitrogens is 1. The van der Waals surface area contributed by atoms with Crippen molar-refractivity contribution in [2.45, 2.75) is 56.3 Å². The molecule has 4 rings (SSSR count). The van der Waals surface area contributed by atoms with E-state index in [9.17, 15) is 23.6 Å². The van der Waals surface area contributed by atoms with Gasteiger partial charge in [0, 0.05) is 49.8 Å². The Morgan fingerprint density at radius 1 is 1.11 bits per heavy atom. The highest BCUT2D eigenvalue weighted by Gasteiger charge is 2.41. The van der Waals surface area contributed by atoms with Crippen molar-refractivity contribution in [1.82, 2.24) is 20.5 Å². The number of nitrogens with one attached hydrogen (secondary N) is 2. The number of benzene rings is 1. The number of quaternary nitrogens is 1. The molecule has 0 radical (unpaired) electrons. The lowest BCUT2D eigenvalue weighted by atomic mass is 9.94. The summed E-state index contributed by atoms with van der Waals surface area (Å²) in [4.78, 5) is 57.1. The normalized spacial score (nSPS) is 22.2. The highest BCUT2D eigenvalue weighted by atomic mass is 19.1. The van der Waals surface area contributed by atoms with Crippen LogP contribution in [0.5, 0.6) is 0 Å². The van der Waals surface area contributed by atoms with Gasteiger partial charge in [-0.25, -0.2) is 4.39 Å². The zero-order chi connectivity index (χ0) is 26.4. The van der Waals surface area contributed by atoms with E-state index in [0.717, 1.165) is 19.4 Å². The maximum atomic E-state index is 13.5. The van der Waals surface area contributed by atoms with Crippen LogP contribution in [0.4, 0.5) is 4.39 Å². The summed E-state index contributed by atoms with van der Waals surface area (Å²) < 4.78 is 13.3. The Balaban J connectivity index is 1.49. The van der Waals surface area contributed by atoms with Gasteiger partial charge in [0.15, 0.2) is 6.04 Å². The van der Waals surface area contributed by atoms with Gasteiger partial charge in [-0.05, 0) is 42.7 Å². The van der Waals surface area contributed by atoms with Crippen molar-refractivity contribution in [3.63, 3.8) is 0 Å². The topological polar surface area (TPSA) is 151 Å². The van der Waals surface area contributed by atoms with Crippen LogP contribution in [-0.2, 0) is 20.8 Å². The lowest BCUT2D eigenvalue weighted by Crippen LogP contribution is -2.89. The Hall–Kier alpha value is -3.86. The molecule has 4 atom stereocenters. The first kappa shape index (κ1) is 26.2. The van der Waals surface area contributed by atoms with Crippen LogP contribution in [0.2, 0.25) is 0 Å². The maximum absolute atomic E-state index is 13.5. The van der Waals surface area contributed by atoms with Gasteiger partial charge in [-0.3, -0.25) is 24.2 Å². The molecule has 37 heavy (non-hydrogen) atoms. The first-order valence-electron chi connectivity index (χ1n) is 12.5. The van der Waals surface area contributed by atoms with Crippen LogP contribution in [0.3, 0.4) is 0 Å². The van der Waals surface area contributed by atoms with Gasteiger partial charge >= 0.3 is 0 Å². The summed E-state index contributed by atoms with van der Waals surface area (Å²) in [6, 6.07) is 6.26. The van der Waals surface area contributed by atoms with Crippen LogP contribution in [0.15, 0.2) is 48.8 Å². The molecule has 3 heterocycles. The average molecular weight is 512 g/mol. The monoisotopic (exact) mass is 511 g/mol. The molecule has 11 heteroatoms. The summed E-state index contributed by atoms with van der Waals surface area (Å²) in [6.07, 6.45) is 5.48. The number of nitrogens with zero attached hydrogens (tertiary/aromatic N) is 2. The number of carbonyl (C=O) groups excluding carboxylic acids is 4. The summed E-state index contributed by atoms with van der Waals surface area (Å²) in [7, 11) is 0. The molecule has 2 aromatic rings. The number of carbonyl (C=O) groups is 4. The van der Waals surface area contributed by atoms with Crippen LogP contribution in [0, 0.1) is 5.82 Å². The Morgan fingerprint density at radius 3 is 2.49 bits per heavy atom. The summed E-state index contributed by atoms with van der Waals surface area (Å²) in [6.45, 7) is 1.15. The Morgan fingerprint density at radius 2 is 1.84 bits per heavy atom. The summed E-state index contributed by atoms with van der Waals surface area (Å²) in [5, 5.41) is 7.63. The van der Waals surface area contributed by atoms with Crippen LogP contribution < -0.4 is 21.7 Å². The van der Waals surface area contributed by atoms with Crippen LogP contribution in [0.1, 0.15) is 41.6 Å². The number of piperidine rings is 1. The minimum atomic E-state index is -1.04. The quantitative estimate of drug-likeness (QED) is 0.368. The molecular formula is C26H32FN6O4+. The third-order valence-electron chi connectivity index (χ3n) is 6.97. The van der Waals surface area contributed by atoms with Crippen molar-refractivity contribution < 1.29 is 28.9 Å². The number of primary amides is 1. The van der Waals surface area contributed by atoms with E-state index in [1.165, 1.54) is 36.7 Å². The standard InChI is InChI=1S/C26H31FN6O4/c27-18-5-3-16(4-6-18)14-21(23(28)34)32-25(36)22-15-19(31-24(35)17-7-11-29-12-8-17)9-13-33(22)26(37)20-2-1-10-30-20/h3-8,11-12,19-22,30H,1-2,9-10,13-15H2,(H2,28,34)(H,31,35)(H,32,36)/p+1/t19-,20+,21-,22-/m0/s1. The van der Waals surface area contributed by atoms with E-state index in [2.05, 4.69) is 15.6 Å². The molecule has 0 spiro atoms. The van der Waals surface area contributed by atoms with E-state index in [4.69, 9.17) is 5.73 Å². The zero-order valence-electron chi connectivity index (χ0n) is 20.4. The first-order valence-corrected chi connectivity index (χ1v) is 12.5. The molecule has 2 fully saturated rings. The molecule has 0 unspecified atom stereocenters. The van der Waals surface area contributed by atoms with Crippen LogP contribution in [-0.4, -0.2) is 70.8 Å². The Kier molecular flexibility index (Phi) is 8.44. The number of hydrogen-bond acceptors (Lipinski definition) is 5. The molecule has 2 saturated heterocycles. The molecule has 6 N–H and O–H groups in total. The van der Waals surface area contributed by atoms with E-state index < -0.39 is 29.7 Å². The molecule has 2 aliphatic heterocycles. The number of pyridine rings is 1. The fourth-order valence-electron chi connectivity index (χ4n) is 4.94. The van der Waals surface area contributed by atoms with Gasteiger partial charge < -0.3 is 26.6 Å². The second-order valence-corrected chi connectivity index (χ2v) is 9.55. The number of hydrogen-bond donors (Lipinski definition) is 4. The van der Waals surface area contributed by atoms with Gasteiger partial charge in [-0.15, -0.1) is 0 Å². The van der Waals surface area contributed by atoms with Crippen molar-refractivity contribution in [3.8, 4) is 0 Å². The maximum Gasteiger partial charge on any atom is 0.281 e. The van der Waals surface area contributed by atoms with Gasteiger partial charge in [0.05, 0.1) is 6.54 Å². The van der Waals surface area contributed by atoms with E-state index in [0.29, 0.717) is 24.1 Å². The number of halogens is 1. The minimum Gasteiger partial charge on any atom is -0.368 e. The molecule has 4 amide bonds. The number of amides is 4. The fraction of sp³-hybridized carbons (Fsp3) is 0.423. The Bertz CT molecular complexity index is 1120. The smallest absolute Gasteiger partial charge is 0.281 e. The van der Waals surface area contributed by atoms with Gasteiger partial charge in [0.2, 0.25) is 11.8 Å². The molecule has 1 aromatic heterocycles. The van der Waals surface area contributed by atoms with Gasteiger partial charge in [-0.1, -0.05) is 12.1 Å². The largest absolute Gasteiger partial charge is 0.368 e. The SMILES string of the molecule is NC(=O)[C@H](Cc1ccc(F)cc1)NC(=O)[C@@H]1C[C@@H](NC(=O)c2ccncc2)CCN1C(=O)[C@H]1CCC[NH2+]1. The third kappa shape index (κ3) is 6.67. The molecule has 2 aliphatic rings. The van der Waals surface area contributed by atoms with E-state index >= 15 is 0 Å². The van der Waals surface area contributed by atoms with Gasteiger partial charge in [0.25, 0.3) is 11.8 Å². The number of likely N-dealkylation sites (tertiary alicyclic amines) is 1. The van der Waals surface area contributed by atoms with Crippen molar-refractivity contribution in [3.05, 3.63) is 65.7 Å². The third-order valence-corrected chi connectivity index (χ3v) is 6.97. The summed E-state index contributed by atoms with van der Waals surface area (Å²) >= 11 is 0. The molecule has 10 nitrogen and oxygen atoms in total. The lowest BCUT2D eigenvalue weighted by molar-refractivity contribution is -0.658. The predicted octanol–water partition coefficient (Wildman–Crippen LogP) is -0.751. The number of rotatable bonds is 8. The average Bonchev–Trinajstić information content (AvgIpc) is 3.44. The summed E-state index contributed by atoms with van der Waals surface area (Å²) in [5.41, 5.74) is 6.65. The lowest BCUT2D eigenvalue weighted by Gasteiger charge is -2.39. The van der Waals surface area contributed by atoms with Crippen molar-refractivity contribution >= 4 is 23.6 Å². The first-order chi connectivity index (χ1) is 17.8. The highest BCUT2D eigenvalue weighted by Crippen LogP contribution is 2.21. The molecule has 1 aromatic carbocycles. The van der Waals surface area contributed by atoms with Gasteiger partial charge in [0.1, 0.15) is 17.9 Å². The Labute approximate surface area is 214 Å². The van der Waals surface area contributed by atoms with Crippen LogP contribution >= 0.6 is 0 Å². The minimum absolute atomic E-state index is 0.0840. The molecule has 196 valence electrons. The molecular weight excluding hydrogens is 479 g/mol. The number of nitrogens with two attached hydrogens (primary N) is 2. The van der Waals surface area contributed by atoms with Crippen LogP contribution in [0.25, 0.3) is 0 Å². The van der Waals surface area contributed by atoms with Gasteiger partial charge in [-0.2, -0.15) is 0 Å². The van der Waals surface area contributed by atoms with E-state index in [-0.39, 0.29) is 36.7 Å². The van der Waals surface area contributed by atoms with Crippen molar-refractivity contribution in [2.24, 2.45) is 5.73 Å².